The summed E-state index contributed by atoms with van der Waals surface area (Å²) in [6, 6.07) is 12.2. The normalized spacial score (nSPS) is 11.0. The highest BCUT2D eigenvalue weighted by molar-refractivity contribution is 5.59. The molecule has 0 spiro atoms. The van der Waals surface area contributed by atoms with Crippen LogP contribution < -0.4 is 0 Å². The van der Waals surface area contributed by atoms with Crippen LogP contribution in [0, 0.1) is 0 Å². The minimum Gasteiger partial charge on any atom is -0.390 e. The molecule has 3 nitrogen and oxygen atoms in total. The van der Waals surface area contributed by atoms with Crippen molar-refractivity contribution in [2.24, 2.45) is 0 Å². The van der Waals surface area contributed by atoms with Gasteiger partial charge in [0.25, 0.3) is 0 Å². The van der Waals surface area contributed by atoms with Crippen LogP contribution in [0.1, 0.15) is 25.6 Å². The molecule has 3 heteroatoms. The van der Waals surface area contributed by atoms with Crippen LogP contribution in [0.25, 0.3) is 11.3 Å². The maximum Gasteiger partial charge on any atom is 0.0927 e. The second kappa shape index (κ2) is 4.49. The molecule has 0 bridgehead atoms. The lowest BCUT2D eigenvalue weighted by Gasteiger charge is -2.08. The minimum absolute atomic E-state index is 0.0258. The average Bonchev–Trinajstić information content (AvgIpc) is 2.74. The Kier molecular flexibility index (Phi) is 3.06. The summed E-state index contributed by atoms with van der Waals surface area (Å²) in [5.41, 5.74) is 2.85. The summed E-state index contributed by atoms with van der Waals surface area (Å²) in [5.74, 6) is 0. The van der Waals surface area contributed by atoms with E-state index in [1.54, 1.807) is 0 Å². The molecule has 0 aliphatic heterocycles. The van der Waals surface area contributed by atoms with E-state index in [-0.39, 0.29) is 12.6 Å². The van der Waals surface area contributed by atoms with Gasteiger partial charge in [0.05, 0.1) is 18.0 Å². The van der Waals surface area contributed by atoms with Gasteiger partial charge in [-0.1, -0.05) is 30.3 Å². The molecule has 0 aliphatic carbocycles. The topological polar surface area (TPSA) is 38.0 Å². The fourth-order valence-electron chi connectivity index (χ4n) is 1.75. The molecular weight excluding hydrogens is 200 g/mol. The fourth-order valence-corrected chi connectivity index (χ4v) is 1.75. The fraction of sp³-hybridized carbons (Fsp3) is 0.308. The van der Waals surface area contributed by atoms with Crippen molar-refractivity contribution in [2.75, 3.05) is 0 Å². The number of aromatic nitrogens is 2. The van der Waals surface area contributed by atoms with Crippen molar-refractivity contribution in [1.82, 2.24) is 9.78 Å². The predicted molar refractivity (Wildman–Crippen MR) is 64.0 cm³/mol. The molecule has 0 amide bonds. The van der Waals surface area contributed by atoms with E-state index in [0.717, 1.165) is 17.0 Å². The Hall–Kier alpha value is -1.61. The average molecular weight is 216 g/mol. The molecular formula is C13H16N2O. The van der Waals surface area contributed by atoms with Gasteiger partial charge < -0.3 is 5.11 Å². The summed E-state index contributed by atoms with van der Waals surface area (Å²) < 4.78 is 1.86. The monoisotopic (exact) mass is 216 g/mol. The van der Waals surface area contributed by atoms with Crippen LogP contribution in [-0.2, 0) is 6.61 Å². The first-order valence-corrected chi connectivity index (χ1v) is 5.47. The Bertz CT molecular complexity index is 460. The lowest BCUT2D eigenvalue weighted by atomic mass is 10.1. The number of hydrogen-bond donors (Lipinski definition) is 1. The molecule has 84 valence electrons. The van der Waals surface area contributed by atoms with Crippen molar-refractivity contribution in [2.45, 2.75) is 26.5 Å². The van der Waals surface area contributed by atoms with E-state index in [4.69, 9.17) is 0 Å². The third-order valence-corrected chi connectivity index (χ3v) is 2.53. The predicted octanol–water partition coefficient (Wildman–Crippen LogP) is 2.62. The van der Waals surface area contributed by atoms with Crippen LogP contribution in [0.3, 0.4) is 0 Å². The van der Waals surface area contributed by atoms with Crippen LogP contribution >= 0.6 is 0 Å². The van der Waals surface area contributed by atoms with Gasteiger partial charge in [-0.3, -0.25) is 4.68 Å². The van der Waals surface area contributed by atoms with E-state index in [9.17, 15) is 5.11 Å². The Morgan fingerprint density at radius 2 is 1.94 bits per heavy atom. The molecule has 1 N–H and O–H groups in total. The SMILES string of the molecule is CC(C)n1nc(-c2ccccc2)cc1CO. The van der Waals surface area contributed by atoms with Crippen molar-refractivity contribution in [3.8, 4) is 11.3 Å². The van der Waals surface area contributed by atoms with Crippen LogP contribution in [0.5, 0.6) is 0 Å². The van der Waals surface area contributed by atoms with E-state index < -0.39 is 0 Å². The van der Waals surface area contributed by atoms with E-state index in [1.807, 2.05) is 41.1 Å². The van der Waals surface area contributed by atoms with E-state index in [2.05, 4.69) is 18.9 Å². The molecule has 0 saturated heterocycles. The van der Waals surface area contributed by atoms with Crippen LogP contribution in [-0.4, -0.2) is 14.9 Å². The Balaban J connectivity index is 2.44. The van der Waals surface area contributed by atoms with Crippen molar-refractivity contribution < 1.29 is 5.11 Å². The molecule has 0 unspecified atom stereocenters. The maximum atomic E-state index is 9.27. The number of benzene rings is 1. The first kappa shape index (κ1) is 10.9. The van der Waals surface area contributed by atoms with Crippen molar-refractivity contribution in [3.05, 3.63) is 42.1 Å². The molecule has 1 heterocycles. The molecule has 0 aliphatic rings. The van der Waals surface area contributed by atoms with Crippen LogP contribution in [0.4, 0.5) is 0 Å². The van der Waals surface area contributed by atoms with Crippen molar-refractivity contribution in [1.29, 1.82) is 0 Å². The highest BCUT2D eigenvalue weighted by Gasteiger charge is 2.10. The Morgan fingerprint density at radius 1 is 1.25 bits per heavy atom. The van der Waals surface area contributed by atoms with Crippen LogP contribution in [0.2, 0.25) is 0 Å². The summed E-state index contributed by atoms with van der Waals surface area (Å²) in [5, 5.41) is 13.8. The molecule has 1 aromatic carbocycles. The highest BCUT2D eigenvalue weighted by atomic mass is 16.3. The van der Waals surface area contributed by atoms with Gasteiger partial charge in [0, 0.05) is 11.6 Å². The Morgan fingerprint density at radius 3 is 2.44 bits per heavy atom. The summed E-state index contributed by atoms with van der Waals surface area (Å²) in [4.78, 5) is 0. The number of nitrogens with zero attached hydrogens (tertiary/aromatic N) is 2. The van der Waals surface area contributed by atoms with E-state index in [0.29, 0.717) is 0 Å². The van der Waals surface area contributed by atoms with Gasteiger partial charge in [0.2, 0.25) is 0 Å². The zero-order valence-corrected chi connectivity index (χ0v) is 9.59. The van der Waals surface area contributed by atoms with E-state index in [1.165, 1.54) is 0 Å². The number of hydrogen-bond acceptors (Lipinski definition) is 2. The van der Waals surface area contributed by atoms with Gasteiger partial charge in [-0.25, -0.2) is 0 Å². The molecule has 2 rings (SSSR count). The maximum absolute atomic E-state index is 9.27. The van der Waals surface area contributed by atoms with Gasteiger partial charge >= 0.3 is 0 Å². The lowest BCUT2D eigenvalue weighted by Crippen LogP contribution is -2.07. The minimum atomic E-state index is 0.0258. The molecule has 16 heavy (non-hydrogen) atoms. The Labute approximate surface area is 95.3 Å². The molecule has 1 aromatic heterocycles. The van der Waals surface area contributed by atoms with Crippen molar-refractivity contribution >= 4 is 0 Å². The summed E-state index contributed by atoms with van der Waals surface area (Å²) in [7, 11) is 0. The van der Waals surface area contributed by atoms with Gasteiger partial charge in [-0.15, -0.1) is 0 Å². The largest absolute Gasteiger partial charge is 0.390 e. The third-order valence-electron chi connectivity index (χ3n) is 2.53. The second-order valence-corrected chi connectivity index (χ2v) is 4.08. The van der Waals surface area contributed by atoms with E-state index >= 15 is 0 Å². The summed E-state index contributed by atoms with van der Waals surface area (Å²) in [6.45, 7) is 4.14. The van der Waals surface area contributed by atoms with Gasteiger partial charge in [0.1, 0.15) is 0 Å². The van der Waals surface area contributed by atoms with Gasteiger partial charge in [-0.05, 0) is 19.9 Å². The molecule has 0 atom stereocenters. The zero-order chi connectivity index (χ0) is 11.5. The third kappa shape index (κ3) is 1.99. The number of aliphatic hydroxyl groups excluding tert-OH is 1. The standard InChI is InChI=1S/C13H16N2O/c1-10(2)15-12(9-16)8-13(14-15)11-6-4-3-5-7-11/h3-8,10,16H,9H2,1-2H3. The number of aliphatic hydroxyl groups is 1. The quantitative estimate of drug-likeness (QED) is 0.856. The smallest absolute Gasteiger partial charge is 0.0927 e. The van der Waals surface area contributed by atoms with Crippen LogP contribution in [0.15, 0.2) is 36.4 Å². The summed E-state index contributed by atoms with van der Waals surface area (Å²) in [6.07, 6.45) is 0. The number of rotatable bonds is 3. The molecule has 2 aromatic rings. The molecule has 0 radical (unpaired) electrons. The van der Waals surface area contributed by atoms with Gasteiger partial charge in [0.15, 0.2) is 0 Å². The molecule has 0 saturated carbocycles. The first-order chi connectivity index (χ1) is 7.72. The lowest BCUT2D eigenvalue weighted by molar-refractivity contribution is 0.264. The highest BCUT2D eigenvalue weighted by Crippen LogP contribution is 2.20. The zero-order valence-electron chi connectivity index (χ0n) is 9.59. The first-order valence-electron chi connectivity index (χ1n) is 5.47. The second-order valence-electron chi connectivity index (χ2n) is 4.08. The summed E-state index contributed by atoms with van der Waals surface area (Å²) >= 11 is 0. The van der Waals surface area contributed by atoms with Gasteiger partial charge in [-0.2, -0.15) is 5.10 Å². The molecule has 0 fully saturated rings. The van der Waals surface area contributed by atoms with Crippen molar-refractivity contribution in [3.63, 3.8) is 0 Å².